The van der Waals surface area contributed by atoms with Crippen molar-refractivity contribution in [2.75, 3.05) is 5.75 Å². The second-order valence-electron chi connectivity index (χ2n) is 6.57. The Hall–Kier alpha value is -2.86. The standard InChI is InChI=1S/C21H20N4OS/c1-14-7-9-16(10-8-14)12-22-20(26)13-27-21-24-23-19-11-15(2)17-5-3-4-6-18(17)25(19)21/h3-11H,12-13H2,1-2H3,(H,22,26). The molecule has 0 saturated heterocycles. The maximum Gasteiger partial charge on any atom is 0.230 e. The average Bonchev–Trinajstić information content (AvgIpc) is 3.09. The highest BCUT2D eigenvalue weighted by atomic mass is 32.2. The summed E-state index contributed by atoms with van der Waals surface area (Å²) in [6, 6.07) is 18.4. The van der Waals surface area contributed by atoms with Crippen LogP contribution in [0.2, 0.25) is 0 Å². The average molecular weight is 376 g/mol. The molecule has 0 aliphatic carbocycles. The van der Waals surface area contributed by atoms with Gasteiger partial charge < -0.3 is 5.32 Å². The molecule has 0 unspecified atom stereocenters. The Balaban J connectivity index is 1.48. The van der Waals surface area contributed by atoms with Gasteiger partial charge in [-0.1, -0.05) is 59.8 Å². The van der Waals surface area contributed by atoms with Crippen molar-refractivity contribution in [1.29, 1.82) is 0 Å². The van der Waals surface area contributed by atoms with Gasteiger partial charge in [-0.15, -0.1) is 10.2 Å². The Labute approximate surface area is 161 Å². The summed E-state index contributed by atoms with van der Waals surface area (Å²) < 4.78 is 2.01. The summed E-state index contributed by atoms with van der Waals surface area (Å²) in [6.07, 6.45) is 0. The number of carbonyl (C=O) groups excluding carboxylic acids is 1. The van der Waals surface area contributed by atoms with Gasteiger partial charge in [0.25, 0.3) is 0 Å². The first-order chi connectivity index (χ1) is 13.1. The summed E-state index contributed by atoms with van der Waals surface area (Å²) in [5, 5.41) is 13.4. The molecular weight excluding hydrogens is 356 g/mol. The van der Waals surface area contributed by atoms with Gasteiger partial charge in [-0.25, -0.2) is 0 Å². The van der Waals surface area contributed by atoms with E-state index in [1.165, 1.54) is 17.3 Å². The van der Waals surface area contributed by atoms with Crippen LogP contribution in [-0.4, -0.2) is 26.3 Å². The van der Waals surface area contributed by atoms with Crippen molar-refractivity contribution in [1.82, 2.24) is 19.9 Å². The van der Waals surface area contributed by atoms with E-state index >= 15 is 0 Å². The predicted molar refractivity (Wildman–Crippen MR) is 109 cm³/mol. The van der Waals surface area contributed by atoms with E-state index in [-0.39, 0.29) is 5.91 Å². The van der Waals surface area contributed by atoms with Crippen LogP contribution in [0.4, 0.5) is 0 Å². The van der Waals surface area contributed by atoms with Crippen molar-refractivity contribution in [3.05, 3.63) is 71.3 Å². The van der Waals surface area contributed by atoms with E-state index in [4.69, 9.17) is 0 Å². The van der Waals surface area contributed by atoms with E-state index in [0.29, 0.717) is 12.3 Å². The van der Waals surface area contributed by atoms with Crippen LogP contribution in [-0.2, 0) is 11.3 Å². The highest BCUT2D eigenvalue weighted by molar-refractivity contribution is 7.99. The summed E-state index contributed by atoms with van der Waals surface area (Å²) in [4.78, 5) is 12.2. The number of aromatic nitrogens is 3. The number of benzene rings is 2. The molecule has 0 bridgehead atoms. The number of carbonyl (C=O) groups is 1. The number of rotatable bonds is 5. The molecule has 5 nitrogen and oxygen atoms in total. The van der Waals surface area contributed by atoms with Crippen molar-refractivity contribution >= 4 is 34.2 Å². The van der Waals surface area contributed by atoms with Gasteiger partial charge >= 0.3 is 0 Å². The van der Waals surface area contributed by atoms with E-state index in [0.717, 1.165) is 32.8 Å². The molecule has 6 heteroatoms. The number of nitrogens with one attached hydrogen (secondary N) is 1. The predicted octanol–water partition coefficient (Wildman–Crippen LogP) is 3.91. The molecule has 0 saturated carbocycles. The van der Waals surface area contributed by atoms with E-state index in [1.807, 2.05) is 53.8 Å². The first kappa shape index (κ1) is 17.5. The number of fused-ring (bicyclic) bond motifs is 3. The van der Waals surface area contributed by atoms with Crippen molar-refractivity contribution in [3.8, 4) is 0 Å². The summed E-state index contributed by atoms with van der Waals surface area (Å²) >= 11 is 1.40. The lowest BCUT2D eigenvalue weighted by atomic mass is 10.1. The van der Waals surface area contributed by atoms with Gasteiger partial charge in [0, 0.05) is 11.9 Å². The minimum absolute atomic E-state index is 0.0197. The molecule has 0 aliphatic heterocycles. The molecule has 4 aromatic rings. The molecule has 0 atom stereocenters. The van der Waals surface area contributed by atoms with Crippen LogP contribution < -0.4 is 5.32 Å². The lowest BCUT2D eigenvalue weighted by Crippen LogP contribution is -2.24. The van der Waals surface area contributed by atoms with Crippen LogP contribution >= 0.6 is 11.8 Å². The monoisotopic (exact) mass is 376 g/mol. The smallest absolute Gasteiger partial charge is 0.230 e. The number of thioether (sulfide) groups is 1. The molecule has 1 N–H and O–H groups in total. The first-order valence-corrected chi connectivity index (χ1v) is 9.79. The zero-order chi connectivity index (χ0) is 18.8. The Morgan fingerprint density at radius 1 is 1.07 bits per heavy atom. The van der Waals surface area contributed by atoms with Crippen LogP contribution in [0.5, 0.6) is 0 Å². The Morgan fingerprint density at radius 2 is 1.85 bits per heavy atom. The van der Waals surface area contributed by atoms with Gasteiger partial charge in [0.1, 0.15) is 0 Å². The highest BCUT2D eigenvalue weighted by Crippen LogP contribution is 2.25. The third kappa shape index (κ3) is 3.66. The number of aryl methyl sites for hydroxylation is 2. The zero-order valence-electron chi connectivity index (χ0n) is 15.3. The van der Waals surface area contributed by atoms with Crippen LogP contribution in [0.1, 0.15) is 16.7 Å². The fourth-order valence-electron chi connectivity index (χ4n) is 3.06. The summed E-state index contributed by atoms with van der Waals surface area (Å²) in [7, 11) is 0. The van der Waals surface area contributed by atoms with Crippen molar-refractivity contribution in [3.63, 3.8) is 0 Å². The molecule has 4 rings (SSSR count). The summed E-state index contributed by atoms with van der Waals surface area (Å²) in [6.45, 7) is 4.65. The number of hydrogen-bond acceptors (Lipinski definition) is 4. The van der Waals surface area contributed by atoms with E-state index in [2.05, 4.69) is 34.6 Å². The molecule has 2 heterocycles. The molecule has 1 amide bonds. The lowest BCUT2D eigenvalue weighted by molar-refractivity contribution is -0.118. The van der Waals surface area contributed by atoms with Crippen molar-refractivity contribution < 1.29 is 4.79 Å². The minimum Gasteiger partial charge on any atom is -0.351 e. The van der Waals surface area contributed by atoms with Gasteiger partial charge in [0.2, 0.25) is 5.91 Å². The molecule has 27 heavy (non-hydrogen) atoms. The molecular formula is C21H20N4OS. The third-order valence-corrected chi connectivity index (χ3v) is 5.45. The van der Waals surface area contributed by atoms with Crippen LogP contribution in [0.3, 0.4) is 0 Å². The molecule has 2 aromatic carbocycles. The second kappa shape index (κ2) is 7.40. The lowest BCUT2D eigenvalue weighted by Gasteiger charge is -2.08. The Morgan fingerprint density at radius 3 is 2.67 bits per heavy atom. The minimum atomic E-state index is -0.0197. The Bertz CT molecular complexity index is 1120. The van der Waals surface area contributed by atoms with Gasteiger partial charge in [0.05, 0.1) is 11.3 Å². The molecule has 136 valence electrons. The molecule has 0 spiro atoms. The summed E-state index contributed by atoms with van der Waals surface area (Å²) in [5.41, 5.74) is 5.32. The topological polar surface area (TPSA) is 59.3 Å². The highest BCUT2D eigenvalue weighted by Gasteiger charge is 2.13. The SMILES string of the molecule is Cc1ccc(CNC(=O)CSc2nnc3cc(C)c4ccccc4n23)cc1. The number of nitrogens with zero attached hydrogens (tertiary/aromatic N) is 3. The number of para-hydroxylation sites is 1. The normalized spacial score (nSPS) is 11.2. The zero-order valence-corrected chi connectivity index (χ0v) is 16.1. The van der Waals surface area contributed by atoms with E-state index < -0.39 is 0 Å². The van der Waals surface area contributed by atoms with Crippen molar-refractivity contribution in [2.24, 2.45) is 0 Å². The third-order valence-electron chi connectivity index (χ3n) is 4.52. The van der Waals surface area contributed by atoms with Gasteiger partial charge in [0.15, 0.2) is 10.8 Å². The maximum atomic E-state index is 12.2. The number of hydrogen-bond donors (Lipinski definition) is 1. The largest absolute Gasteiger partial charge is 0.351 e. The molecule has 2 aromatic heterocycles. The van der Waals surface area contributed by atoms with Crippen LogP contribution in [0, 0.1) is 13.8 Å². The molecule has 0 aliphatic rings. The fourth-order valence-corrected chi connectivity index (χ4v) is 3.84. The van der Waals surface area contributed by atoms with Gasteiger partial charge in [-0.05, 0) is 37.1 Å². The first-order valence-electron chi connectivity index (χ1n) is 8.80. The van der Waals surface area contributed by atoms with Crippen molar-refractivity contribution in [2.45, 2.75) is 25.5 Å². The van der Waals surface area contributed by atoms with E-state index in [1.54, 1.807) is 0 Å². The van der Waals surface area contributed by atoms with Gasteiger partial charge in [-0.2, -0.15) is 0 Å². The fraction of sp³-hybridized carbons (Fsp3) is 0.190. The molecule has 0 radical (unpaired) electrons. The van der Waals surface area contributed by atoms with E-state index in [9.17, 15) is 4.79 Å². The maximum absolute atomic E-state index is 12.2. The number of amides is 1. The second-order valence-corrected chi connectivity index (χ2v) is 7.51. The Kier molecular flexibility index (Phi) is 4.81. The number of pyridine rings is 1. The van der Waals surface area contributed by atoms with Crippen LogP contribution in [0.15, 0.2) is 59.8 Å². The van der Waals surface area contributed by atoms with Gasteiger partial charge in [-0.3, -0.25) is 9.20 Å². The quantitative estimate of drug-likeness (QED) is 0.537. The summed E-state index contributed by atoms with van der Waals surface area (Å²) in [5.74, 6) is 0.281. The molecule has 0 fully saturated rings. The van der Waals surface area contributed by atoms with Crippen LogP contribution in [0.25, 0.3) is 16.6 Å².